The molecule has 5 nitrogen and oxygen atoms in total. The van der Waals surface area contributed by atoms with Crippen LogP contribution in [0.4, 0.5) is 0 Å². The van der Waals surface area contributed by atoms with Gasteiger partial charge in [0.15, 0.2) is 0 Å². The Morgan fingerprint density at radius 2 is 1.38 bits per heavy atom. The molecule has 0 spiro atoms. The third-order valence-electron chi connectivity index (χ3n) is 3.45. The maximum absolute atomic E-state index is 12.6. The lowest BCUT2D eigenvalue weighted by atomic mass is 10.2. The average Bonchev–Trinajstić information content (AvgIpc) is 2.92. The van der Waals surface area contributed by atoms with E-state index in [-0.39, 0.29) is 11.4 Å². The number of nitrogens with zero attached hydrogens (tertiary/aromatic N) is 2. The standard InChI is InChI=1S/C16H12Cl2N2O3S/c17-13-3-1-12(2-4-13)11-19-9-10-20(16(19)21)24(22,23)15-7-5-14(18)6-8-15/h1-10H,11H2. The normalized spacial score (nSPS) is 11.6. The van der Waals surface area contributed by atoms with Crippen molar-refractivity contribution in [1.29, 1.82) is 0 Å². The van der Waals surface area contributed by atoms with Crippen molar-refractivity contribution < 1.29 is 8.42 Å². The van der Waals surface area contributed by atoms with Gasteiger partial charge in [0.1, 0.15) is 0 Å². The van der Waals surface area contributed by atoms with Crippen molar-refractivity contribution in [2.45, 2.75) is 11.4 Å². The number of hydrogen-bond donors (Lipinski definition) is 0. The minimum Gasteiger partial charge on any atom is -0.294 e. The molecule has 0 aliphatic rings. The van der Waals surface area contributed by atoms with Gasteiger partial charge in [0.25, 0.3) is 10.0 Å². The topological polar surface area (TPSA) is 61.1 Å². The molecule has 0 unspecified atom stereocenters. The van der Waals surface area contributed by atoms with Crippen LogP contribution in [0.5, 0.6) is 0 Å². The molecule has 0 saturated heterocycles. The average molecular weight is 383 g/mol. The van der Waals surface area contributed by atoms with Gasteiger partial charge in [-0.2, -0.15) is 3.97 Å². The summed E-state index contributed by atoms with van der Waals surface area (Å²) >= 11 is 11.6. The van der Waals surface area contributed by atoms with Crippen LogP contribution in [0.2, 0.25) is 10.0 Å². The highest BCUT2D eigenvalue weighted by Crippen LogP contribution is 2.16. The smallest absolute Gasteiger partial charge is 0.294 e. The number of imidazole rings is 1. The molecule has 0 atom stereocenters. The monoisotopic (exact) mass is 382 g/mol. The van der Waals surface area contributed by atoms with Crippen molar-refractivity contribution in [3.63, 3.8) is 0 Å². The largest absolute Gasteiger partial charge is 0.342 e. The van der Waals surface area contributed by atoms with Gasteiger partial charge in [0.2, 0.25) is 0 Å². The van der Waals surface area contributed by atoms with E-state index in [1.807, 2.05) is 0 Å². The van der Waals surface area contributed by atoms with E-state index in [0.29, 0.717) is 14.0 Å². The zero-order valence-corrected chi connectivity index (χ0v) is 14.6. The Morgan fingerprint density at radius 1 is 0.833 bits per heavy atom. The number of rotatable bonds is 4. The lowest BCUT2D eigenvalue weighted by Crippen LogP contribution is -2.29. The van der Waals surface area contributed by atoms with Crippen LogP contribution >= 0.6 is 23.2 Å². The van der Waals surface area contributed by atoms with Gasteiger partial charge in [0, 0.05) is 22.4 Å². The van der Waals surface area contributed by atoms with Gasteiger partial charge in [-0.15, -0.1) is 0 Å². The van der Waals surface area contributed by atoms with E-state index in [2.05, 4.69) is 0 Å². The van der Waals surface area contributed by atoms with Gasteiger partial charge < -0.3 is 0 Å². The third kappa shape index (κ3) is 3.26. The van der Waals surface area contributed by atoms with Crippen molar-refractivity contribution >= 4 is 33.2 Å². The van der Waals surface area contributed by atoms with Crippen LogP contribution < -0.4 is 5.69 Å². The van der Waals surface area contributed by atoms with Crippen LogP contribution in [-0.4, -0.2) is 17.0 Å². The fraction of sp³-hybridized carbons (Fsp3) is 0.0625. The Morgan fingerprint density at radius 3 is 1.96 bits per heavy atom. The Hall–Kier alpha value is -2.02. The van der Waals surface area contributed by atoms with Crippen LogP contribution in [0.15, 0.2) is 70.6 Å². The van der Waals surface area contributed by atoms with Gasteiger partial charge in [-0.25, -0.2) is 13.2 Å². The summed E-state index contributed by atoms with van der Waals surface area (Å²) in [6.07, 6.45) is 2.67. The van der Waals surface area contributed by atoms with E-state index >= 15 is 0 Å². The molecule has 1 heterocycles. The van der Waals surface area contributed by atoms with Crippen LogP contribution in [0, 0.1) is 0 Å². The van der Waals surface area contributed by atoms with E-state index in [9.17, 15) is 13.2 Å². The Balaban J connectivity index is 1.96. The number of benzene rings is 2. The zero-order chi connectivity index (χ0) is 17.3. The molecule has 24 heavy (non-hydrogen) atoms. The molecule has 0 N–H and O–H groups in total. The summed E-state index contributed by atoms with van der Waals surface area (Å²) in [5.74, 6) is 0. The third-order valence-corrected chi connectivity index (χ3v) is 5.62. The van der Waals surface area contributed by atoms with Gasteiger partial charge in [-0.3, -0.25) is 4.57 Å². The Kier molecular flexibility index (Phi) is 4.54. The molecule has 2 aromatic carbocycles. The summed E-state index contributed by atoms with van der Waals surface area (Å²) in [6, 6.07) is 12.6. The van der Waals surface area contributed by atoms with E-state index in [1.54, 1.807) is 24.3 Å². The second-order valence-electron chi connectivity index (χ2n) is 5.09. The first-order valence-corrected chi connectivity index (χ1v) is 9.11. The molecule has 0 saturated carbocycles. The molecule has 1 aromatic heterocycles. The second kappa shape index (κ2) is 6.47. The molecule has 0 radical (unpaired) electrons. The summed E-state index contributed by atoms with van der Waals surface area (Å²) in [5, 5.41) is 1.01. The number of aromatic nitrogens is 2. The first-order valence-electron chi connectivity index (χ1n) is 6.91. The summed E-state index contributed by atoms with van der Waals surface area (Å²) in [7, 11) is -3.96. The minimum absolute atomic E-state index is 0.00163. The van der Waals surface area contributed by atoms with Crippen molar-refractivity contribution in [1.82, 2.24) is 8.54 Å². The molecule has 3 rings (SSSR count). The van der Waals surface area contributed by atoms with Crippen LogP contribution in [0.1, 0.15) is 5.56 Å². The molecule has 3 aromatic rings. The van der Waals surface area contributed by atoms with E-state index in [0.717, 1.165) is 5.56 Å². The van der Waals surface area contributed by atoms with Crippen LogP contribution in [0.3, 0.4) is 0 Å². The highest BCUT2D eigenvalue weighted by molar-refractivity contribution is 7.90. The minimum atomic E-state index is -3.96. The fourth-order valence-corrected chi connectivity index (χ4v) is 3.69. The Labute approximate surface area is 148 Å². The quantitative estimate of drug-likeness (QED) is 0.695. The van der Waals surface area contributed by atoms with Crippen molar-refractivity contribution in [3.8, 4) is 0 Å². The summed E-state index contributed by atoms with van der Waals surface area (Å²) < 4.78 is 27.2. The molecular weight excluding hydrogens is 371 g/mol. The Bertz CT molecular complexity index is 1020. The van der Waals surface area contributed by atoms with Crippen molar-refractivity contribution in [2.75, 3.05) is 0 Å². The summed E-state index contributed by atoms with van der Waals surface area (Å²) in [5.41, 5.74) is 0.197. The van der Waals surface area contributed by atoms with Gasteiger partial charge in [-0.05, 0) is 42.0 Å². The molecule has 8 heteroatoms. The fourth-order valence-electron chi connectivity index (χ4n) is 2.21. The molecule has 0 aliphatic carbocycles. The highest BCUT2D eigenvalue weighted by atomic mass is 35.5. The SMILES string of the molecule is O=c1n(Cc2ccc(Cl)cc2)ccn1S(=O)(=O)c1ccc(Cl)cc1. The van der Waals surface area contributed by atoms with E-state index in [1.165, 1.54) is 41.2 Å². The van der Waals surface area contributed by atoms with Crippen molar-refractivity contribution in [3.05, 3.63) is 87.0 Å². The van der Waals surface area contributed by atoms with E-state index < -0.39 is 15.7 Å². The number of hydrogen-bond acceptors (Lipinski definition) is 3. The van der Waals surface area contributed by atoms with Gasteiger partial charge in [-0.1, -0.05) is 35.3 Å². The lowest BCUT2D eigenvalue weighted by molar-refractivity contribution is 0.583. The first-order chi connectivity index (χ1) is 11.4. The molecule has 0 fully saturated rings. The maximum Gasteiger partial charge on any atom is 0.342 e. The predicted octanol–water partition coefficient (Wildman–Crippen LogP) is 3.24. The van der Waals surface area contributed by atoms with Gasteiger partial charge in [0.05, 0.1) is 11.4 Å². The summed E-state index contributed by atoms with van der Waals surface area (Å²) in [4.78, 5) is 12.4. The van der Waals surface area contributed by atoms with Crippen LogP contribution in [-0.2, 0) is 16.6 Å². The molecular formula is C16H12Cl2N2O3S. The second-order valence-corrected chi connectivity index (χ2v) is 7.78. The summed E-state index contributed by atoms with van der Waals surface area (Å²) in [6.45, 7) is 0.249. The predicted molar refractivity (Wildman–Crippen MR) is 93.3 cm³/mol. The molecule has 124 valence electrons. The van der Waals surface area contributed by atoms with Gasteiger partial charge >= 0.3 is 5.69 Å². The maximum atomic E-state index is 12.6. The van der Waals surface area contributed by atoms with Crippen molar-refractivity contribution in [2.24, 2.45) is 0 Å². The van der Waals surface area contributed by atoms with E-state index in [4.69, 9.17) is 23.2 Å². The highest BCUT2D eigenvalue weighted by Gasteiger charge is 2.20. The molecule has 0 amide bonds. The zero-order valence-electron chi connectivity index (χ0n) is 12.3. The molecule has 0 bridgehead atoms. The number of halogens is 2. The van der Waals surface area contributed by atoms with Crippen LogP contribution in [0.25, 0.3) is 0 Å². The lowest BCUT2D eigenvalue weighted by Gasteiger charge is -2.05. The molecule has 0 aliphatic heterocycles. The first kappa shape index (κ1) is 16.8.